The smallest absolute Gasteiger partial charge is 0.237 e. The molecule has 5 nitrogen and oxygen atoms in total. The van der Waals surface area contributed by atoms with Gasteiger partial charge < -0.3 is 16.8 Å². The van der Waals surface area contributed by atoms with Crippen LogP contribution >= 0.6 is 0 Å². The van der Waals surface area contributed by atoms with Gasteiger partial charge in [-0.05, 0) is 13.8 Å². The molecule has 14 heavy (non-hydrogen) atoms. The van der Waals surface area contributed by atoms with Gasteiger partial charge in [0.2, 0.25) is 11.8 Å². The lowest BCUT2D eigenvalue weighted by Gasteiger charge is -2.08. The molecule has 0 spiro atoms. The molecule has 0 aliphatic rings. The van der Waals surface area contributed by atoms with Crippen molar-refractivity contribution in [3.05, 3.63) is 11.6 Å². The van der Waals surface area contributed by atoms with Gasteiger partial charge in [-0.3, -0.25) is 9.59 Å². The third kappa shape index (κ3) is 6.19. The van der Waals surface area contributed by atoms with E-state index in [1.54, 1.807) is 0 Å². The zero-order chi connectivity index (χ0) is 11.1. The molecule has 0 rings (SSSR count). The minimum atomic E-state index is -0.849. The summed E-state index contributed by atoms with van der Waals surface area (Å²) in [5.74, 6) is -0.934. The van der Waals surface area contributed by atoms with E-state index in [9.17, 15) is 9.59 Å². The molecular weight excluding hydrogens is 182 g/mol. The average molecular weight is 199 g/mol. The second-order valence-corrected chi connectivity index (χ2v) is 3.30. The van der Waals surface area contributed by atoms with Crippen molar-refractivity contribution in [1.82, 2.24) is 5.32 Å². The highest BCUT2D eigenvalue weighted by atomic mass is 16.2. The number of allylic oxidation sites excluding steroid dienone is 1. The van der Waals surface area contributed by atoms with Crippen LogP contribution in [0.3, 0.4) is 0 Å². The van der Waals surface area contributed by atoms with E-state index in [0.717, 1.165) is 5.57 Å². The van der Waals surface area contributed by atoms with Gasteiger partial charge in [-0.2, -0.15) is 0 Å². The van der Waals surface area contributed by atoms with Crippen LogP contribution in [0.5, 0.6) is 0 Å². The molecule has 1 atom stereocenters. The van der Waals surface area contributed by atoms with Crippen LogP contribution in [0.1, 0.15) is 20.3 Å². The molecule has 1 unspecified atom stereocenters. The Balaban J connectivity index is 3.84. The molecule has 0 radical (unpaired) electrons. The molecule has 0 saturated carbocycles. The summed E-state index contributed by atoms with van der Waals surface area (Å²) in [6, 6.07) is -0.849. The fourth-order valence-corrected chi connectivity index (χ4v) is 0.796. The van der Waals surface area contributed by atoms with Gasteiger partial charge in [0, 0.05) is 6.54 Å². The molecule has 80 valence electrons. The highest BCUT2D eigenvalue weighted by Crippen LogP contribution is 1.88. The largest absolute Gasteiger partial charge is 0.370 e. The maximum atomic E-state index is 11.2. The minimum Gasteiger partial charge on any atom is -0.370 e. The standard InChI is InChI=1S/C9H17N3O2/c1-6(2)3-4-12-9(14)7(10)5-8(11)13/h3,7H,4-5,10H2,1-2H3,(H2,11,13)(H,12,14). The lowest BCUT2D eigenvalue weighted by Crippen LogP contribution is -2.43. The van der Waals surface area contributed by atoms with Gasteiger partial charge in [0.1, 0.15) is 0 Å². The molecule has 0 aliphatic carbocycles. The van der Waals surface area contributed by atoms with Crippen LogP contribution in [0.15, 0.2) is 11.6 Å². The lowest BCUT2D eigenvalue weighted by molar-refractivity contribution is -0.126. The van der Waals surface area contributed by atoms with Crippen LogP contribution in [0.2, 0.25) is 0 Å². The van der Waals surface area contributed by atoms with E-state index in [2.05, 4.69) is 5.32 Å². The average Bonchev–Trinajstić information content (AvgIpc) is 2.01. The topological polar surface area (TPSA) is 98.2 Å². The van der Waals surface area contributed by atoms with E-state index in [1.165, 1.54) is 0 Å². The quantitative estimate of drug-likeness (QED) is 0.509. The first kappa shape index (κ1) is 12.6. The summed E-state index contributed by atoms with van der Waals surface area (Å²) in [4.78, 5) is 21.6. The van der Waals surface area contributed by atoms with Crippen molar-refractivity contribution >= 4 is 11.8 Å². The van der Waals surface area contributed by atoms with Crippen LogP contribution in [-0.4, -0.2) is 24.4 Å². The Morgan fingerprint density at radius 3 is 2.43 bits per heavy atom. The molecule has 0 aliphatic heterocycles. The molecule has 2 amide bonds. The molecule has 0 aromatic rings. The van der Waals surface area contributed by atoms with E-state index < -0.39 is 11.9 Å². The fourth-order valence-electron chi connectivity index (χ4n) is 0.796. The number of hydrogen-bond donors (Lipinski definition) is 3. The summed E-state index contributed by atoms with van der Waals surface area (Å²) in [5.41, 5.74) is 11.4. The minimum absolute atomic E-state index is 0.124. The summed E-state index contributed by atoms with van der Waals surface area (Å²) >= 11 is 0. The Hall–Kier alpha value is -1.36. The van der Waals surface area contributed by atoms with Crippen molar-refractivity contribution in [2.75, 3.05) is 6.54 Å². The number of amides is 2. The first-order valence-corrected chi connectivity index (χ1v) is 4.38. The van der Waals surface area contributed by atoms with Crippen molar-refractivity contribution in [2.45, 2.75) is 26.3 Å². The number of nitrogens with one attached hydrogen (secondary N) is 1. The molecule has 0 fully saturated rings. The van der Waals surface area contributed by atoms with Crippen LogP contribution in [0, 0.1) is 0 Å². The third-order valence-corrected chi connectivity index (χ3v) is 1.54. The first-order valence-electron chi connectivity index (χ1n) is 4.38. The summed E-state index contributed by atoms with van der Waals surface area (Å²) in [6.07, 6.45) is 1.73. The first-order chi connectivity index (χ1) is 6.43. The predicted molar refractivity (Wildman–Crippen MR) is 54.2 cm³/mol. The Bertz CT molecular complexity index is 244. The van der Waals surface area contributed by atoms with Crippen LogP contribution in [0.25, 0.3) is 0 Å². The van der Waals surface area contributed by atoms with Crippen molar-refractivity contribution in [1.29, 1.82) is 0 Å². The van der Waals surface area contributed by atoms with E-state index >= 15 is 0 Å². The Morgan fingerprint density at radius 2 is 2.00 bits per heavy atom. The zero-order valence-corrected chi connectivity index (χ0v) is 8.54. The van der Waals surface area contributed by atoms with Crippen molar-refractivity contribution in [2.24, 2.45) is 11.5 Å². The second-order valence-electron chi connectivity index (χ2n) is 3.30. The number of nitrogens with two attached hydrogens (primary N) is 2. The van der Waals surface area contributed by atoms with Crippen LogP contribution < -0.4 is 16.8 Å². The Labute approximate surface area is 83.5 Å². The zero-order valence-electron chi connectivity index (χ0n) is 8.54. The number of carbonyl (C=O) groups is 2. The van der Waals surface area contributed by atoms with E-state index in [4.69, 9.17) is 11.5 Å². The van der Waals surface area contributed by atoms with Gasteiger partial charge in [0.25, 0.3) is 0 Å². The SMILES string of the molecule is CC(C)=CCNC(=O)C(N)CC(N)=O. The molecular formula is C9H17N3O2. The molecule has 0 aromatic heterocycles. The maximum Gasteiger partial charge on any atom is 0.237 e. The van der Waals surface area contributed by atoms with Crippen LogP contribution in [0.4, 0.5) is 0 Å². The number of carbonyl (C=O) groups excluding carboxylic acids is 2. The van der Waals surface area contributed by atoms with Crippen molar-refractivity contribution in [3.63, 3.8) is 0 Å². The van der Waals surface area contributed by atoms with E-state index in [0.29, 0.717) is 6.54 Å². The molecule has 0 bridgehead atoms. The highest BCUT2D eigenvalue weighted by molar-refractivity contribution is 5.87. The monoisotopic (exact) mass is 199 g/mol. The molecule has 0 saturated heterocycles. The highest BCUT2D eigenvalue weighted by Gasteiger charge is 2.14. The normalized spacial score (nSPS) is 11.6. The predicted octanol–water partition coefficient (Wildman–Crippen LogP) is -0.728. The molecule has 0 heterocycles. The summed E-state index contributed by atoms with van der Waals surface area (Å²) in [5, 5.41) is 2.57. The van der Waals surface area contributed by atoms with Gasteiger partial charge in [-0.25, -0.2) is 0 Å². The third-order valence-electron chi connectivity index (χ3n) is 1.54. The van der Waals surface area contributed by atoms with E-state index in [-0.39, 0.29) is 12.3 Å². The molecule has 0 aromatic carbocycles. The Morgan fingerprint density at radius 1 is 1.43 bits per heavy atom. The second kappa shape index (κ2) is 6.15. The molecule has 5 N–H and O–H groups in total. The van der Waals surface area contributed by atoms with Gasteiger partial charge in [0.05, 0.1) is 12.5 Å². The summed E-state index contributed by atoms with van der Waals surface area (Å²) in [7, 11) is 0. The lowest BCUT2D eigenvalue weighted by atomic mass is 10.2. The van der Waals surface area contributed by atoms with Gasteiger partial charge >= 0.3 is 0 Å². The van der Waals surface area contributed by atoms with Gasteiger partial charge in [0.15, 0.2) is 0 Å². The van der Waals surface area contributed by atoms with Gasteiger partial charge in [-0.15, -0.1) is 0 Å². The van der Waals surface area contributed by atoms with E-state index in [1.807, 2.05) is 19.9 Å². The number of rotatable bonds is 5. The maximum absolute atomic E-state index is 11.2. The summed E-state index contributed by atoms with van der Waals surface area (Å²) in [6.45, 7) is 4.28. The summed E-state index contributed by atoms with van der Waals surface area (Å²) < 4.78 is 0. The number of hydrogen-bond acceptors (Lipinski definition) is 3. The van der Waals surface area contributed by atoms with Crippen molar-refractivity contribution < 1.29 is 9.59 Å². The van der Waals surface area contributed by atoms with Crippen LogP contribution in [-0.2, 0) is 9.59 Å². The van der Waals surface area contributed by atoms with Gasteiger partial charge in [-0.1, -0.05) is 11.6 Å². The molecule has 5 heteroatoms. The van der Waals surface area contributed by atoms with Crippen molar-refractivity contribution in [3.8, 4) is 0 Å². The fraction of sp³-hybridized carbons (Fsp3) is 0.556. The Kier molecular flexibility index (Phi) is 5.55. The number of primary amides is 1.